The molecule has 1 aliphatic carbocycles. The minimum Gasteiger partial charge on any atom is -0.308 e. The van der Waals surface area contributed by atoms with Crippen LogP contribution in [-0.4, -0.2) is 19.5 Å². The van der Waals surface area contributed by atoms with E-state index in [1.165, 1.54) is 80.7 Å². The lowest BCUT2D eigenvalue weighted by Crippen LogP contribution is -2.00. The maximum atomic E-state index is 5.24. The molecule has 12 aromatic rings. The van der Waals surface area contributed by atoms with Gasteiger partial charge >= 0.3 is 0 Å². The average molecular weight is 781 g/mol. The van der Waals surface area contributed by atoms with Crippen molar-refractivity contribution in [3.05, 3.63) is 194 Å². The molecule has 278 valence electrons. The summed E-state index contributed by atoms with van der Waals surface area (Å²) in [6.45, 7) is 0. The number of aromatic nitrogens is 4. The third kappa shape index (κ3) is 4.81. The predicted molar refractivity (Wildman–Crippen MR) is 251 cm³/mol. The molecule has 4 nitrogen and oxygen atoms in total. The Morgan fingerprint density at radius 3 is 1.57 bits per heavy atom. The molecule has 3 heterocycles. The maximum absolute atomic E-state index is 5.24. The van der Waals surface area contributed by atoms with Gasteiger partial charge in [-0.1, -0.05) is 170 Å². The zero-order valence-electron chi connectivity index (χ0n) is 32.2. The number of benzene rings is 9. The molecule has 0 atom stereocenters. The van der Waals surface area contributed by atoms with E-state index in [1.807, 2.05) is 47.7 Å². The van der Waals surface area contributed by atoms with Gasteiger partial charge in [0.05, 0.1) is 21.4 Å². The third-order valence-electron chi connectivity index (χ3n) is 12.2. The van der Waals surface area contributed by atoms with Gasteiger partial charge < -0.3 is 4.57 Å². The Kier molecular flexibility index (Phi) is 7.14. The highest BCUT2D eigenvalue weighted by atomic mass is 32.1. The first-order chi connectivity index (χ1) is 29.8. The predicted octanol–water partition coefficient (Wildman–Crippen LogP) is 14.8. The summed E-state index contributed by atoms with van der Waals surface area (Å²) in [5, 5.41) is 7.49. The summed E-state index contributed by atoms with van der Waals surface area (Å²) >= 11 is 1.86. The van der Waals surface area contributed by atoms with Crippen LogP contribution < -0.4 is 0 Å². The zero-order chi connectivity index (χ0) is 39.3. The Balaban J connectivity index is 1.14. The molecule has 0 spiro atoms. The summed E-state index contributed by atoms with van der Waals surface area (Å²) in [4.78, 5) is 15.5. The summed E-state index contributed by atoms with van der Waals surface area (Å²) in [5.41, 5.74) is 13.9. The van der Waals surface area contributed by atoms with Gasteiger partial charge in [0.2, 0.25) is 0 Å². The highest BCUT2D eigenvalue weighted by Gasteiger charge is 2.27. The summed E-state index contributed by atoms with van der Waals surface area (Å²) < 4.78 is 4.93. The second-order valence-corrected chi connectivity index (χ2v) is 16.5. The van der Waals surface area contributed by atoms with Gasteiger partial charge in [0.25, 0.3) is 0 Å². The lowest BCUT2D eigenvalue weighted by molar-refractivity contribution is 1.08. The molecular formula is C55H32N4S. The number of thiophene rings is 1. The van der Waals surface area contributed by atoms with Crippen molar-refractivity contribution in [1.29, 1.82) is 0 Å². The van der Waals surface area contributed by atoms with E-state index in [0.29, 0.717) is 17.5 Å². The molecule has 0 N–H and O–H groups in total. The molecule has 0 unspecified atom stereocenters. The fourth-order valence-corrected chi connectivity index (χ4v) is 11.0. The quantitative estimate of drug-likeness (QED) is 0.175. The molecule has 5 heteroatoms. The topological polar surface area (TPSA) is 43.6 Å². The molecule has 0 fully saturated rings. The van der Waals surface area contributed by atoms with Crippen LogP contribution in [-0.2, 0) is 0 Å². The number of hydrogen-bond donors (Lipinski definition) is 0. The van der Waals surface area contributed by atoms with Gasteiger partial charge in [-0.05, 0) is 68.4 Å². The fourth-order valence-electron chi connectivity index (χ4n) is 9.61. The van der Waals surface area contributed by atoms with Crippen molar-refractivity contribution in [2.75, 3.05) is 0 Å². The van der Waals surface area contributed by atoms with Crippen LogP contribution in [0.25, 0.3) is 126 Å². The van der Waals surface area contributed by atoms with E-state index >= 15 is 0 Å². The maximum Gasteiger partial charge on any atom is 0.164 e. The van der Waals surface area contributed by atoms with Crippen molar-refractivity contribution >= 4 is 64.1 Å². The Hall–Kier alpha value is -7.73. The van der Waals surface area contributed by atoms with E-state index in [0.717, 1.165) is 27.8 Å². The molecule has 0 aliphatic heterocycles. The van der Waals surface area contributed by atoms with Crippen LogP contribution in [0, 0.1) is 0 Å². The van der Waals surface area contributed by atoms with E-state index in [-0.39, 0.29) is 0 Å². The molecule has 13 rings (SSSR count). The van der Waals surface area contributed by atoms with E-state index in [9.17, 15) is 0 Å². The molecule has 0 saturated heterocycles. The Bertz CT molecular complexity index is 3640. The fraction of sp³-hybridized carbons (Fsp3) is 0. The summed E-state index contributed by atoms with van der Waals surface area (Å²) in [7, 11) is 0. The monoisotopic (exact) mass is 780 g/mol. The Labute approximate surface area is 349 Å². The lowest BCUT2D eigenvalue weighted by Gasteiger charge is -2.14. The summed E-state index contributed by atoms with van der Waals surface area (Å²) in [5.74, 6) is 1.95. The van der Waals surface area contributed by atoms with Crippen molar-refractivity contribution in [3.63, 3.8) is 0 Å². The van der Waals surface area contributed by atoms with Crippen LogP contribution in [0.5, 0.6) is 0 Å². The molecule has 3 aromatic heterocycles. The Morgan fingerprint density at radius 2 is 0.867 bits per heavy atom. The van der Waals surface area contributed by atoms with Gasteiger partial charge in [0, 0.05) is 42.9 Å². The summed E-state index contributed by atoms with van der Waals surface area (Å²) in [6.07, 6.45) is 0. The smallest absolute Gasteiger partial charge is 0.164 e. The molecule has 60 heavy (non-hydrogen) atoms. The van der Waals surface area contributed by atoms with Crippen LogP contribution in [0.1, 0.15) is 0 Å². The van der Waals surface area contributed by atoms with Crippen molar-refractivity contribution < 1.29 is 0 Å². The van der Waals surface area contributed by atoms with Crippen LogP contribution in [0.4, 0.5) is 0 Å². The first kappa shape index (κ1) is 33.3. The molecule has 0 bridgehead atoms. The second-order valence-electron chi connectivity index (χ2n) is 15.5. The molecule has 1 aliphatic rings. The molecular weight excluding hydrogens is 749 g/mol. The normalized spacial score (nSPS) is 12.0. The summed E-state index contributed by atoms with van der Waals surface area (Å²) in [6, 6.07) is 69.5. The highest BCUT2D eigenvalue weighted by molar-refractivity contribution is 7.27. The van der Waals surface area contributed by atoms with Gasteiger partial charge in [-0.2, -0.15) is 0 Å². The number of nitrogens with zero attached hydrogens (tertiary/aromatic N) is 4. The van der Waals surface area contributed by atoms with Crippen LogP contribution in [0.15, 0.2) is 194 Å². The van der Waals surface area contributed by atoms with Gasteiger partial charge in [0.15, 0.2) is 17.5 Å². The van der Waals surface area contributed by atoms with E-state index in [2.05, 4.69) is 162 Å². The average Bonchev–Trinajstić information content (AvgIpc) is 3.85. The van der Waals surface area contributed by atoms with E-state index < -0.39 is 0 Å². The number of fused-ring (bicyclic) bond motifs is 6. The molecule has 0 saturated carbocycles. The zero-order valence-corrected chi connectivity index (χ0v) is 33.0. The first-order valence-electron chi connectivity index (χ1n) is 20.3. The van der Waals surface area contributed by atoms with Crippen molar-refractivity contribution in [1.82, 2.24) is 19.5 Å². The van der Waals surface area contributed by atoms with E-state index in [1.54, 1.807) is 0 Å². The second kappa shape index (κ2) is 12.9. The Morgan fingerprint density at radius 1 is 0.317 bits per heavy atom. The SMILES string of the molecule is c1ccc(-c2nc(-c3ccccc3)nc(-c3ccc(-c4ccccc4)c4sc5c(-n6c7cccc8c7c7c9c(cccc9ccc76)-c6ccccc6-8)cccc5c34)n2)cc1. The van der Waals surface area contributed by atoms with Gasteiger partial charge in [-0.25, -0.2) is 15.0 Å². The standard InChI is InChI=1S/C55H32N4S/c1-4-15-33(16-5-1)37-30-31-43(55-57-53(35-17-6-2-7-18-35)56-54(58-55)36-19-8-3-9-20-36)48-42-26-14-28-46(51(42)60-52(37)48)59-44-27-13-25-41-39-23-11-10-22-38(39)40-24-12-21-34-29-32-45(59)50(47(34)40)49(41)44/h1-32H. The van der Waals surface area contributed by atoms with Crippen molar-refractivity contribution in [2.45, 2.75) is 0 Å². The van der Waals surface area contributed by atoms with Gasteiger partial charge in [0.1, 0.15) is 0 Å². The number of rotatable bonds is 5. The van der Waals surface area contributed by atoms with Crippen molar-refractivity contribution in [3.8, 4) is 73.2 Å². The highest BCUT2D eigenvalue weighted by Crippen LogP contribution is 2.52. The largest absolute Gasteiger partial charge is 0.308 e. The van der Waals surface area contributed by atoms with Crippen LogP contribution >= 0.6 is 11.3 Å². The van der Waals surface area contributed by atoms with Gasteiger partial charge in [-0.15, -0.1) is 11.3 Å². The molecule has 0 radical (unpaired) electrons. The third-order valence-corrected chi connectivity index (χ3v) is 13.5. The first-order valence-corrected chi connectivity index (χ1v) is 21.1. The van der Waals surface area contributed by atoms with Crippen LogP contribution in [0.2, 0.25) is 0 Å². The number of hydrogen-bond acceptors (Lipinski definition) is 4. The molecule has 9 aromatic carbocycles. The lowest BCUT2D eigenvalue weighted by atomic mass is 9.93. The minimum absolute atomic E-state index is 0.649. The van der Waals surface area contributed by atoms with Crippen LogP contribution in [0.3, 0.4) is 0 Å². The minimum atomic E-state index is 0.649. The molecule has 0 amide bonds. The van der Waals surface area contributed by atoms with Gasteiger partial charge in [-0.3, -0.25) is 0 Å². The van der Waals surface area contributed by atoms with Crippen molar-refractivity contribution in [2.24, 2.45) is 0 Å². The van der Waals surface area contributed by atoms with E-state index in [4.69, 9.17) is 15.0 Å².